The van der Waals surface area contributed by atoms with E-state index in [9.17, 15) is 28.5 Å². The number of anilines is 2. The molecule has 1 aliphatic carbocycles. The van der Waals surface area contributed by atoms with Crippen molar-refractivity contribution in [2.24, 2.45) is 5.92 Å². The normalized spacial score (nSPS) is 22.1. The van der Waals surface area contributed by atoms with Gasteiger partial charge in [-0.2, -0.15) is 23.1 Å². The first kappa shape index (κ1) is 25.8. The van der Waals surface area contributed by atoms with Gasteiger partial charge in [-0.15, -0.1) is 0 Å². The molecule has 0 saturated heterocycles. The van der Waals surface area contributed by atoms with Gasteiger partial charge in [-0.1, -0.05) is 23.4 Å². The monoisotopic (exact) mass is 501 g/mol. The molecule has 0 aliphatic heterocycles. The quantitative estimate of drug-likeness (QED) is 0.296. The Balaban J connectivity index is 1.98. The number of alkyl halides is 3. The van der Waals surface area contributed by atoms with Crippen LogP contribution in [-0.2, 0) is 0 Å². The smallest absolute Gasteiger partial charge is 0.405 e. The summed E-state index contributed by atoms with van der Waals surface area (Å²) in [6, 6.07) is 2.53. The number of hydrogen-bond donors (Lipinski definition) is 5. The maximum Gasteiger partial charge on any atom is 0.405 e. The van der Waals surface area contributed by atoms with Crippen LogP contribution in [0.1, 0.15) is 23.2 Å². The Morgan fingerprint density at radius 1 is 1.18 bits per heavy atom. The van der Waals surface area contributed by atoms with Crippen LogP contribution in [0.3, 0.4) is 0 Å². The van der Waals surface area contributed by atoms with E-state index in [4.69, 9.17) is 16.3 Å². The van der Waals surface area contributed by atoms with Crippen LogP contribution in [0.4, 0.5) is 24.9 Å². The Hall–Kier alpha value is -2.85. The molecule has 3 rings (SSSR count). The van der Waals surface area contributed by atoms with Gasteiger partial charge in [0, 0.05) is 24.2 Å². The van der Waals surface area contributed by atoms with E-state index in [1.807, 2.05) is 0 Å². The van der Waals surface area contributed by atoms with Crippen LogP contribution < -0.4 is 15.4 Å². The molecule has 1 saturated carbocycles. The second-order valence-corrected chi connectivity index (χ2v) is 8.04. The molecule has 0 unspecified atom stereocenters. The molecule has 34 heavy (non-hydrogen) atoms. The van der Waals surface area contributed by atoms with Crippen molar-refractivity contribution in [3.63, 3.8) is 0 Å². The van der Waals surface area contributed by atoms with Crippen LogP contribution in [0.25, 0.3) is 0 Å². The topological polar surface area (TPSA) is 133 Å². The van der Waals surface area contributed by atoms with Crippen molar-refractivity contribution < 1.29 is 33.2 Å². The van der Waals surface area contributed by atoms with E-state index in [0.29, 0.717) is 17.1 Å². The molecule has 5 N–H and O–H groups in total. The molecule has 2 aromatic rings. The average Bonchev–Trinajstić information content (AvgIpc) is 3.05. The number of nitrogens with zero attached hydrogens (tertiary/aromatic N) is 3. The lowest BCUT2D eigenvalue weighted by atomic mass is 10.1. The number of aromatic nitrogens is 3. The van der Waals surface area contributed by atoms with Gasteiger partial charge in [0.2, 0.25) is 11.8 Å². The third-order valence-electron chi connectivity index (χ3n) is 5.26. The summed E-state index contributed by atoms with van der Waals surface area (Å²) in [6.45, 7) is -0.0170. The van der Waals surface area contributed by atoms with Crippen molar-refractivity contribution in [1.29, 1.82) is 0 Å². The number of rotatable bonds is 6. The molecule has 4 atom stereocenters. The highest BCUT2D eigenvalue weighted by Crippen LogP contribution is 2.31. The standard InChI is InChI=1S/C21H23ClF3N5O4/c1-10-11(4-6-15(27-10)34-2)3-5-13-18(22)29-20(26-9-21(23,24)25)30-19(13)28-14-7-12(8-31)16(32)17(14)33/h4,6,12,14,16-17,31-33H,7-9H2,1-2H3,(H2,26,28,29,30)/t12-,14-,16-,17+/m1/s1. The summed E-state index contributed by atoms with van der Waals surface area (Å²) in [5.74, 6) is 5.06. The van der Waals surface area contributed by atoms with Crippen LogP contribution in [0.5, 0.6) is 5.88 Å². The lowest BCUT2D eigenvalue weighted by Gasteiger charge is -2.20. The summed E-state index contributed by atoms with van der Waals surface area (Å²) in [6.07, 6.45) is -6.78. The van der Waals surface area contributed by atoms with Crippen molar-refractivity contribution in [3.05, 3.63) is 34.1 Å². The lowest BCUT2D eigenvalue weighted by Crippen LogP contribution is -2.36. The lowest BCUT2D eigenvalue weighted by molar-refractivity contribution is -0.115. The summed E-state index contributed by atoms with van der Waals surface area (Å²) < 4.78 is 43.0. The van der Waals surface area contributed by atoms with Crippen LogP contribution in [0.2, 0.25) is 5.15 Å². The maximum absolute atomic E-state index is 12.6. The zero-order chi connectivity index (χ0) is 25.0. The summed E-state index contributed by atoms with van der Waals surface area (Å²) in [5.41, 5.74) is 1.18. The fourth-order valence-electron chi connectivity index (χ4n) is 3.44. The summed E-state index contributed by atoms with van der Waals surface area (Å²) in [7, 11) is 1.48. The van der Waals surface area contributed by atoms with Crippen molar-refractivity contribution in [3.8, 4) is 17.7 Å². The van der Waals surface area contributed by atoms with E-state index < -0.39 is 42.8 Å². The van der Waals surface area contributed by atoms with E-state index in [2.05, 4.69) is 37.4 Å². The molecule has 13 heteroatoms. The van der Waals surface area contributed by atoms with Crippen LogP contribution >= 0.6 is 11.6 Å². The summed E-state index contributed by atoms with van der Waals surface area (Å²) >= 11 is 6.24. The summed E-state index contributed by atoms with van der Waals surface area (Å²) in [5, 5.41) is 34.5. The third kappa shape index (κ3) is 6.18. The molecule has 9 nitrogen and oxygen atoms in total. The van der Waals surface area contributed by atoms with Crippen LogP contribution in [-0.4, -0.2) is 75.0 Å². The zero-order valence-corrected chi connectivity index (χ0v) is 18.9. The second-order valence-electron chi connectivity index (χ2n) is 7.68. The van der Waals surface area contributed by atoms with Crippen molar-refractivity contribution >= 4 is 23.4 Å². The first-order valence-corrected chi connectivity index (χ1v) is 10.6. The fraction of sp³-hybridized carbons (Fsp3) is 0.476. The summed E-state index contributed by atoms with van der Waals surface area (Å²) in [4.78, 5) is 12.1. The number of pyridine rings is 1. The first-order valence-electron chi connectivity index (χ1n) is 10.2. The number of aliphatic hydroxyl groups is 3. The predicted molar refractivity (Wildman–Crippen MR) is 118 cm³/mol. The number of aryl methyl sites for hydroxylation is 1. The SMILES string of the molecule is COc1ccc(C#Cc2c(Cl)nc(NCC(F)(F)F)nc2N[C@@H]2C[C@H](CO)[C@@H](O)[C@H]2O)c(C)n1. The molecular weight excluding hydrogens is 479 g/mol. The molecular formula is C21H23ClF3N5O4. The molecule has 184 valence electrons. The minimum absolute atomic E-state index is 0.0360. The fourth-order valence-corrected chi connectivity index (χ4v) is 3.66. The minimum Gasteiger partial charge on any atom is -0.481 e. The number of halogens is 4. The number of nitrogens with one attached hydrogen (secondary N) is 2. The molecule has 0 spiro atoms. The van der Waals surface area contributed by atoms with Gasteiger partial charge >= 0.3 is 6.18 Å². The molecule has 0 amide bonds. The number of methoxy groups -OCH3 is 1. The van der Waals surface area contributed by atoms with Gasteiger partial charge in [0.15, 0.2) is 5.15 Å². The molecule has 2 aromatic heterocycles. The average molecular weight is 502 g/mol. The van der Waals surface area contributed by atoms with Crippen LogP contribution in [0, 0.1) is 24.7 Å². The van der Waals surface area contributed by atoms with Gasteiger partial charge in [-0.25, -0.2) is 4.98 Å². The van der Waals surface area contributed by atoms with Gasteiger partial charge in [0.05, 0.1) is 24.9 Å². The van der Waals surface area contributed by atoms with Gasteiger partial charge in [0.1, 0.15) is 24.0 Å². The minimum atomic E-state index is -4.51. The Morgan fingerprint density at radius 2 is 1.91 bits per heavy atom. The highest BCUT2D eigenvalue weighted by atomic mass is 35.5. The molecule has 2 heterocycles. The van der Waals surface area contributed by atoms with Crippen LogP contribution in [0.15, 0.2) is 12.1 Å². The second kappa shape index (κ2) is 10.6. The van der Waals surface area contributed by atoms with E-state index in [0.717, 1.165) is 0 Å². The first-order chi connectivity index (χ1) is 16.0. The molecule has 0 aromatic carbocycles. The Bertz CT molecular complexity index is 1090. The van der Waals surface area contributed by atoms with Gasteiger partial charge in [-0.05, 0) is 19.4 Å². The van der Waals surface area contributed by atoms with E-state index >= 15 is 0 Å². The van der Waals surface area contributed by atoms with Crippen molar-refractivity contribution in [2.45, 2.75) is 37.8 Å². The maximum atomic E-state index is 12.6. The predicted octanol–water partition coefficient (Wildman–Crippen LogP) is 1.73. The zero-order valence-electron chi connectivity index (χ0n) is 18.2. The Kier molecular flexibility index (Phi) is 8.04. The Morgan fingerprint density at radius 3 is 2.50 bits per heavy atom. The van der Waals surface area contributed by atoms with Crippen molar-refractivity contribution in [2.75, 3.05) is 30.9 Å². The Labute approximate surface area is 198 Å². The third-order valence-corrected chi connectivity index (χ3v) is 5.54. The van der Waals surface area contributed by atoms with Gasteiger partial charge in [0.25, 0.3) is 0 Å². The molecule has 0 bridgehead atoms. The number of aliphatic hydroxyl groups excluding tert-OH is 3. The molecule has 0 radical (unpaired) electrons. The highest BCUT2D eigenvalue weighted by Gasteiger charge is 2.41. The van der Waals surface area contributed by atoms with Gasteiger partial charge in [-0.3, -0.25) is 0 Å². The van der Waals surface area contributed by atoms with Gasteiger partial charge < -0.3 is 30.7 Å². The van der Waals surface area contributed by atoms with E-state index in [1.54, 1.807) is 19.1 Å². The molecule has 1 aliphatic rings. The highest BCUT2D eigenvalue weighted by molar-refractivity contribution is 6.31. The van der Waals surface area contributed by atoms with E-state index in [-0.39, 0.29) is 29.6 Å². The number of hydrogen-bond acceptors (Lipinski definition) is 9. The molecule has 1 fully saturated rings. The largest absolute Gasteiger partial charge is 0.481 e. The van der Waals surface area contributed by atoms with Crippen molar-refractivity contribution in [1.82, 2.24) is 15.0 Å². The van der Waals surface area contributed by atoms with E-state index in [1.165, 1.54) is 7.11 Å². The number of ether oxygens (including phenoxy) is 1.